The van der Waals surface area contributed by atoms with Crippen molar-refractivity contribution in [2.75, 3.05) is 5.75 Å². The highest BCUT2D eigenvalue weighted by molar-refractivity contribution is 7.99. The van der Waals surface area contributed by atoms with Crippen LogP contribution in [-0.2, 0) is 11.4 Å². The lowest BCUT2D eigenvalue weighted by Gasteiger charge is -2.13. The van der Waals surface area contributed by atoms with E-state index in [1.54, 1.807) is 11.8 Å². The van der Waals surface area contributed by atoms with Crippen LogP contribution >= 0.6 is 11.8 Å². The average Bonchev–Trinajstić information content (AvgIpc) is 3.17. The molecule has 132 valence electrons. The molecule has 1 saturated heterocycles. The molecule has 0 radical (unpaired) electrons. The van der Waals surface area contributed by atoms with Crippen LogP contribution < -0.4 is 15.2 Å². The van der Waals surface area contributed by atoms with E-state index in [4.69, 9.17) is 4.74 Å². The van der Waals surface area contributed by atoms with Crippen LogP contribution in [0.25, 0.3) is 10.8 Å². The van der Waals surface area contributed by atoms with E-state index in [1.165, 1.54) is 10.8 Å². The second-order valence-electron chi connectivity index (χ2n) is 6.37. The highest BCUT2D eigenvalue weighted by Crippen LogP contribution is 2.29. The molecule has 3 aromatic rings. The third kappa shape index (κ3) is 3.54. The van der Waals surface area contributed by atoms with E-state index in [-0.39, 0.29) is 5.37 Å². The molecule has 2 atom stereocenters. The first-order valence-electron chi connectivity index (χ1n) is 8.57. The molecule has 0 aliphatic carbocycles. The van der Waals surface area contributed by atoms with Crippen LogP contribution in [0.3, 0.4) is 0 Å². The maximum atomic E-state index is 11.0. The number of ether oxygens (including phenoxy) is 1. The van der Waals surface area contributed by atoms with Gasteiger partial charge in [0.15, 0.2) is 5.37 Å². The quantitative estimate of drug-likeness (QED) is 0.749. The van der Waals surface area contributed by atoms with Crippen LogP contribution in [0.1, 0.15) is 16.5 Å². The van der Waals surface area contributed by atoms with Gasteiger partial charge in [0.1, 0.15) is 24.4 Å². The standard InChI is InChI=1S/C21H19NO3S/c23-21(24)19-13-26-20(22-19)15-7-4-9-17(11-15)25-12-16-8-3-6-14-5-1-2-10-18(14)16/h1-11,19-20,22H,12-13H2,(H,23,24)/t19-,20+/m0/s1. The van der Waals surface area contributed by atoms with Gasteiger partial charge >= 0.3 is 0 Å². The molecule has 0 unspecified atom stereocenters. The van der Waals surface area contributed by atoms with Crippen molar-refractivity contribution in [2.45, 2.75) is 18.0 Å². The zero-order valence-corrected chi connectivity index (χ0v) is 14.9. The summed E-state index contributed by atoms with van der Waals surface area (Å²) in [6, 6.07) is 21.9. The Labute approximate surface area is 156 Å². The predicted molar refractivity (Wildman–Crippen MR) is 101 cm³/mol. The minimum atomic E-state index is -0.997. The second-order valence-corrected chi connectivity index (χ2v) is 7.55. The summed E-state index contributed by atoms with van der Waals surface area (Å²) in [6.07, 6.45) is 0. The van der Waals surface area contributed by atoms with Gasteiger partial charge < -0.3 is 20.0 Å². The van der Waals surface area contributed by atoms with E-state index in [9.17, 15) is 9.90 Å². The van der Waals surface area contributed by atoms with Crippen LogP contribution in [0.4, 0.5) is 0 Å². The summed E-state index contributed by atoms with van der Waals surface area (Å²) in [5, 5.41) is 15.3. The molecule has 4 rings (SSSR count). The topological polar surface area (TPSA) is 66.0 Å². The van der Waals surface area contributed by atoms with Gasteiger partial charge in [-0.1, -0.05) is 66.4 Å². The Morgan fingerprint density at radius 3 is 2.77 bits per heavy atom. The van der Waals surface area contributed by atoms with Gasteiger partial charge in [-0.2, -0.15) is 0 Å². The fraction of sp³-hybridized carbons (Fsp3) is 0.190. The molecular formula is C21H19NO3S. The van der Waals surface area contributed by atoms with Crippen LogP contribution in [0, 0.1) is 0 Å². The molecule has 0 saturated carbocycles. The van der Waals surface area contributed by atoms with E-state index in [1.807, 2.05) is 47.8 Å². The van der Waals surface area contributed by atoms with Crippen LogP contribution in [0.2, 0.25) is 0 Å². The number of carbonyl (C=O) groups is 1. The minimum absolute atomic E-state index is 0.0685. The van der Waals surface area contributed by atoms with Gasteiger partial charge in [-0.3, -0.25) is 0 Å². The Morgan fingerprint density at radius 2 is 1.92 bits per heavy atom. The molecule has 5 heteroatoms. The molecule has 4 nitrogen and oxygen atoms in total. The number of fused-ring (bicyclic) bond motifs is 1. The summed E-state index contributed by atoms with van der Waals surface area (Å²) in [5.41, 5.74) is 2.21. The molecule has 0 bridgehead atoms. The molecule has 0 amide bonds. The minimum Gasteiger partial charge on any atom is -0.544 e. The van der Waals surface area contributed by atoms with Crippen molar-refractivity contribution < 1.29 is 20.0 Å². The largest absolute Gasteiger partial charge is 0.544 e. The van der Waals surface area contributed by atoms with Gasteiger partial charge in [-0.25, -0.2) is 0 Å². The summed E-state index contributed by atoms with van der Waals surface area (Å²) >= 11 is 1.62. The Kier molecular flexibility index (Phi) is 4.82. The summed E-state index contributed by atoms with van der Waals surface area (Å²) in [7, 11) is 0. The Hall–Kier alpha value is -2.50. The Bertz CT molecular complexity index is 938. The molecule has 0 aromatic heterocycles. The number of aliphatic carboxylic acids is 1. The number of rotatable bonds is 5. The normalized spacial score (nSPS) is 19.5. The molecule has 1 aliphatic rings. The van der Waals surface area contributed by atoms with Crippen molar-refractivity contribution in [1.29, 1.82) is 0 Å². The SMILES string of the molecule is O=C([O-])[C@@H]1CS[C@H](c2cccc(OCc3cccc4ccccc34)c2)[NH2+]1. The third-order valence-electron chi connectivity index (χ3n) is 4.63. The number of quaternary nitrogens is 1. The van der Waals surface area contributed by atoms with Crippen LogP contribution in [0.5, 0.6) is 5.75 Å². The zero-order chi connectivity index (χ0) is 17.9. The van der Waals surface area contributed by atoms with Gasteiger partial charge in [0, 0.05) is 5.56 Å². The zero-order valence-electron chi connectivity index (χ0n) is 14.1. The lowest BCUT2D eigenvalue weighted by atomic mass is 10.1. The first kappa shape index (κ1) is 16.9. The smallest absolute Gasteiger partial charge is 0.159 e. The number of nitrogens with two attached hydrogens (primary N) is 1. The number of hydrogen-bond donors (Lipinski definition) is 1. The highest BCUT2D eigenvalue weighted by atomic mass is 32.2. The van der Waals surface area contributed by atoms with Crippen molar-refractivity contribution in [3.05, 3.63) is 77.9 Å². The highest BCUT2D eigenvalue weighted by Gasteiger charge is 2.30. The molecular weight excluding hydrogens is 346 g/mol. The maximum absolute atomic E-state index is 11.0. The lowest BCUT2D eigenvalue weighted by molar-refractivity contribution is -0.690. The number of benzene rings is 3. The fourth-order valence-corrected chi connectivity index (χ4v) is 4.55. The van der Waals surface area contributed by atoms with Gasteiger partial charge in [0.25, 0.3) is 0 Å². The van der Waals surface area contributed by atoms with Gasteiger partial charge in [-0.05, 0) is 28.5 Å². The molecule has 26 heavy (non-hydrogen) atoms. The summed E-state index contributed by atoms with van der Waals surface area (Å²) < 4.78 is 6.02. The number of carbonyl (C=O) groups excluding carboxylic acids is 1. The van der Waals surface area contributed by atoms with Crippen molar-refractivity contribution in [3.63, 3.8) is 0 Å². The molecule has 3 aromatic carbocycles. The van der Waals surface area contributed by atoms with E-state index >= 15 is 0 Å². The van der Waals surface area contributed by atoms with Gasteiger partial charge in [0.05, 0.1) is 5.75 Å². The van der Waals surface area contributed by atoms with Gasteiger partial charge in [0.2, 0.25) is 0 Å². The van der Waals surface area contributed by atoms with Crippen molar-refractivity contribution in [1.82, 2.24) is 0 Å². The van der Waals surface area contributed by atoms with E-state index in [0.29, 0.717) is 12.4 Å². The number of thioether (sulfide) groups is 1. The number of carboxylic acid groups (broad SMARTS) is 1. The molecule has 1 fully saturated rings. The molecule has 1 aliphatic heterocycles. The lowest BCUT2D eigenvalue weighted by Crippen LogP contribution is -2.90. The van der Waals surface area contributed by atoms with Crippen LogP contribution in [-0.4, -0.2) is 17.8 Å². The molecule has 1 heterocycles. The maximum Gasteiger partial charge on any atom is 0.159 e. The van der Waals surface area contributed by atoms with Gasteiger partial charge in [-0.15, -0.1) is 0 Å². The summed E-state index contributed by atoms with van der Waals surface area (Å²) in [6.45, 7) is 0.494. The number of hydrogen-bond acceptors (Lipinski definition) is 4. The van der Waals surface area contributed by atoms with E-state index < -0.39 is 12.0 Å². The van der Waals surface area contributed by atoms with Crippen molar-refractivity contribution in [3.8, 4) is 5.75 Å². The van der Waals surface area contributed by atoms with Crippen molar-refractivity contribution in [2.24, 2.45) is 0 Å². The first-order valence-corrected chi connectivity index (χ1v) is 9.62. The summed E-state index contributed by atoms with van der Waals surface area (Å²) in [5.74, 6) is 0.360. The van der Waals surface area contributed by atoms with E-state index in [0.717, 1.165) is 16.9 Å². The fourth-order valence-electron chi connectivity index (χ4n) is 3.24. The Morgan fingerprint density at radius 1 is 1.12 bits per heavy atom. The Balaban J connectivity index is 1.48. The van der Waals surface area contributed by atoms with Crippen LogP contribution in [0.15, 0.2) is 66.7 Å². The average molecular weight is 365 g/mol. The summed E-state index contributed by atoms with van der Waals surface area (Å²) in [4.78, 5) is 11.0. The third-order valence-corrected chi connectivity index (χ3v) is 5.97. The first-order chi connectivity index (χ1) is 12.7. The molecule has 2 N–H and O–H groups in total. The van der Waals surface area contributed by atoms with E-state index in [2.05, 4.69) is 24.3 Å². The van der Waals surface area contributed by atoms with Crippen molar-refractivity contribution >= 4 is 28.5 Å². The molecule has 0 spiro atoms. The predicted octanol–water partition coefficient (Wildman–Crippen LogP) is 1.85. The monoisotopic (exact) mass is 365 g/mol. The number of carboxylic acids is 1. The second kappa shape index (κ2) is 7.40.